The maximum atomic E-state index is 11.4. The average Bonchev–Trinajstić information content (AvgIpc) is 2.40. The van der Waals surface area contributed by atoms with Gasteiger partial charge in [-0.05, 0) is 38.1 Å². The monoisotopic (exact) mass is 262 g/mol. The molecule has 1 aromatic rings. The van der Waals surface area contributed by atoms with Gasteiger partial charge in [0.05, 0.1) is 18.0 Å². The molecular formula is C13H18N4O2. The van der Waals surface area contributed by atoms with Gasteiger partial charge in [0.2, 0.25) is 0 Å². The van der Waals surface area contributed by atoms with Gasteiger partial charge in [-0.1, -0.05) is 0 Å². The molecule has 0 unspecified atom stereocenters. The van der Waals surface area contributed by atoms with Gasteiger partial charge >= 0.3 is 0 Å². The van der Waals surface area contributed by atoms with Crippen LogP contribution in [0.1, 0.15) is 20.8 Å². The van der Waals surface area contributed by atoms with E-state index in [9.17, 15) is 4.79 Å². The van der Waals surface area contributed by atoms with Crippen molar-refractivity contribution in [1.29, 1.82) is 0 Å². The van der Waals surface area contributed by atoms with Crippen LogP contribution in [0.25, 0.3) is 0 Å². The van der Waals surface area contributed by atoms with Crippen molar-refractivity contribution >= 4 is 22.9 Å². The number of anilines is 1. The molecule has 1 aromatic carbocycles. The number of hydrazone groups is 2. The summed E-state index contributed by atoms with van der Waals surface area (Å²) in [6.45, 7) is 5.57. The molecule has 19 heavy (non-hydrogen) atoms. The van der Waals surface area contributed by atoms with Crippen molar-refractivity contribution in [1.82, 2.24) is 0 Å². The molecule has 0 spiro atoms. The summed E-state index contributed by atoms with van der Waals surface area (Å²) in [7, 11) is 0. The molecule has 0 amide bonds. The number of Topliss-reactive ketones (excluding diaryl/α,β-unsaturated/α-hetero) is 1. The fraction of sp³-hybridized carbons (Fsp3) is 0.308. The zero-order chi connectivity index (χ0) is 14.3. The molecule has 0 saturated heterocycles. The van der Waals surface area contributed by atoms with Crippen molar-refractivity contribution in [2.75, 3.05) is 12.0 Å². The lowest BCUT2D eigenvalue weighted by molar-refractivity contribution is -0.110. The zero-order valence-corrected chi connectivity index (χ0v) is 11.3. The first-order chi connectivity index (χ1) is 9.08. The van der Waals surface area contributed by atoms with Crippen LogP contribution in [0.5, 0.6) is 5.75 Å². The SMILES string of the molecule is CCOc1ccc(N/N=C(C(C)=O)\C(C)=N/N)cc1. The van der Waals surface area contributed by atoms with Crippen LogP contribution in [0, 0.1) is 0 Å². The number of carbonyl (C=O) groups excluding carboxylic acids is 1. The normalized spacial score (nSPS) is 12.2. The maximum absolute atomic E-state index is 11.4. The molecule has 0 aromatic heterocycles. The molecule has 3 N–H and O–H groups in total. The molecule has 0 heterocycles. The first-order valence-electron chi connectivity index (χ1n) is 5.90. The van der Waals surface area contributed by atoms with Crippen LogP contribution in [0.4, 0.5) is 5.69 Å². The highest BCUT2D eigenvalue weighted by Gasteiger charge is 2.09. The molecule has 0 aliphatic carbocycles. The van der Waals surface area contributed by atoms with E-state index in [1.165, 1.54) is 6.92 Å². The summed E-state index contributed by atoms with van der Waals surface area (Å²) in [5, 5.41) is 7.47. The maximum Gasteiger partial charge on any atom is 0.181 e. The molecule has 102 valence electrons. The highest BCUT2D eigenvalue weighted by Crippen LogP contribution is 2.15. The first-order valence-corrected chi connectivity index (χ1v) is 5.90. The molecule has 6 heteroatoms. The van der Waals surface area contributed by atoms with Crippen LogP contribution < -0.4 is 16.0 Å². The van der Waals surface area contributed by atoms with Crippen molar-refractivity contribution in [3.8, 4) is 5.75 Å². The average molecular weight is 262 g/mol. The lowest BCUT2D eigenvalue weighted by atomic mass is 10.2. The van der Waals surface area contributed by atoms with Crippen molar-refractivity contribution < 1.29 is 9.53 Å². The summed E-state index contributed by atoms with van der Waals surface area (Å²) in [5.74, 6) is 5.72. The number of rotatable bonds is 6. The molecule has 0 saturated carbocycles. The van der Waals surface area contributed by atoms with Crippen molar-refractivity contribution in [3.05, 3.63) is 24.3 Å². The molecule has 0 aliphatic rings. The highest BCUT2D eigenvalue weighted by molar-refractivity contribution is 6.66. The number of nitrogens with one attached hydrogen (secondary N) is 1. The van der Waals surface area contributed by atoms with Gasteiger partial charge in [0.25, 0.3) is 0 Å². The molecular weight excluding hydrogens is 244 g/mol. The fourth-order valence-electron chi connectivity index (χ4n) is 1.39. The van der Waals surface area contributed by atoms with Gasteiger partial charge in [-0.3, -0.25) is 10.2 Å². The van der Waals surface area contributed by atoms with Gasteiger partial charge in [-0.2, -0.15) is 10.2 Å². The fourth-order valence-corrected chi connectivity index (χ4v) is 1.39. The lowest BCUT2D eigenvalue weighted by Crippen LogP contribution is -2.22. The van der Waals surface area contributed by atoms with E-state index < -0.39 is 0 Å². The number of hydrogen-bond acceptors (Lipinski definition) is 6. The summed E-state index contributed by atoms with van der Waals surface area (Å²) in [6.07, 6.45) is 0. The molecule has 0 bridgehead atoms. The number of ether oxygens (including phenoxy) is 1. The molecule has 6 nitrogen and oxygen atoms in total. The second-order valence-electron chi connectivity index (χ2n) is 3.80. The van der Waals surface area contributed by atoms with E-state index in [0.717, 1.165) is 11.4 Å². The van der Waals surface area contributed by atoms with Gasteiger partial charge in [-0.15, -0.1) is 0 Å². The largest absolute Gasteiger partial charge is 0.494 e. The van der Waals surface area contributed by atoms with E-state index in [1.807, 2.05) is 19.1 Å². The third-order valence-electron chi connectivity index (χ3n) is 2.33. The Labute approximate surface area is 112 Å². The van der Waals surface area contributed by atoms with Crippen molar-refractivity contribution in [2.24, 2.45) is 16.0 Å². The Morgan fingerprint density at radius 2 is 1.95 bits per heavy atom. The van der Waals surface area contributed by atoms with Gasteiger partial charge in [0.1, 0.15) is 11.5 Å². The molecule has 0 atom stereocenters. The number of hydrogen-bond donors (Lipinski definition) is 2. The zero-order valence-electron chi connectivity index (χ0n) is 11.3. The van der Waals surface area contributed by atoms with E-state index in [2.05, 4.69) is 15.6 Å². The van der Waals surface area contributed by atoms with Crippen LogP contribution in [-0.2, 0) is 4.79 Å². The van der Waals surface area contributed by atoms with Crippen LogP contribution in [0.2, 0.25) is 0 Å². The van der Waals surface area contributed by atoms with E-state index in [-0.39, 0.29) is 11.5 Å². The smallest absolute Gasteiger partial charge is 0.181 e. The number of nitrogens with two attached hydrogens (primary N) is 1. The Morgan fingerprint density at radius 1 is 1.32 bits per heavy atom. The third-order valence-corrected chi connectivity index (χ3v) is 2.33. The Hall–Kier alpha value is -2.37. The standard InChI is InChI=1S/C13H18N4O2/c1-4-19-12-7-5-11(6-8-12)16-17-13(10(3)18)9(2)15-14/h5-8,16H,4,14H2,1-3H3/b15-9-,17-13+. The van der Waals surface area contributed by atoms with Crippen LogP contribution in [-0.4, -0.2) is 23.8 Å². The Balaban J connectivity index is 2.80. The van der Waals surface area contributed by atoms with Crippen LogP contribution in [0.15, 0.2) is 34.5 Å². The van der Waals surface area contributed by atoms with E-state index >= 15 is 0 Å². The van der Waals surface area contributed by atoms with Crippen molar-refractivity contribution in [3.63, 3.8) is 0 Å². The molecule has 0 aliphatic heterocycles. The van der Waals surface area contributed by atoms with Crippen LogP contribution >= 0.6 is 0 Å². The number of nitrogens with zero attached hydrogens (tertiary/aromatic N) is 2. The second kappa shape index (κ2) is 7.15. The first kappa shape index (κ1) is 14.7. The van der Waals surface area contributed by atoms with E-state index in [0.29, 0.717) is 12.3 Å². The molecule has 0 fully saturated rings. The lowest BCUT2D eigenvalue weighted by Gasteiger charge is -2.06. The third kappa shape index (κ3) is 4.42. The summed E-state index contributed by atoms with van der Waals surface area (Å²) >= 11 is 0. The van der Waals surface area contributed by atoms with Gasteiger partial charge in [0.15, 0.2) is 5.78 Å². The van der Waals surface area contributed by atoms with Gasteiger partial charge in [-0.25, -0.2) is 0 Å². The minimum Gasteiger partial charge on any atom is -0.494 e. The Morgan fingerprint density at radius 3 is 2.42 bits per heavy atom. The Kier molecular flexibility index (Phi) is 5.53. The predicted molar refractivity (Wildman–Crippen MR) is 76.6 cm³/mol. The minimum atomic E-state index is -0.204. The number of benzene rings is 1. The highest BCUT2D eigenvalue weighted by atomic mass is 16.5. The van der Waals surface area contributed by atoms with Gasteiger partial charge in [0, 0.05) is 6.92 Å². The Bertz CT molecular complexity index is 492. The summed E-state index contributed by atoms with van der Waals surface area (Å²) < 4.78 is 5.33. The molecule has 1 rings (SSSR count). The molecule has 0 radical (unpaired) electrons. The van der Waals surface area contributed by atoms with E-state index in [4.69, 9.17) is 10.6 Å². The second-order valence-corrected chi connectivity index (χ2v) is 3.80. The van der Waals surface area contributed by atoms with Crippen molar-refractivity contribution in [2.45, 2.75) is 20.8 Å². The number of ketones is 1. The van der Waals surface area contributed by atoms with E-state index in [1.54, 1.807) is 19.1 Å². The predicted octanol–water partition coefficient (Wildman–Crippen LogP) is 1.78. The number of carbonyl (C=O) groups is 1. The quantitative estimate of drug-likeness (QED) is 0.464. The van der Waals surface area contributed by atoms with Crippen LogP contribution in [0.3, 0.4) is 0 Å². The summed E-state index contributed by atoms with van der Waals surface area (Å²) in [5.41, 5.74) is 4.11. The van der Waals surface area contributed by atoms with Gasteiger partial charge < -0.3 is 10.6 Å². The summed E-state index contributed by atoms with van der Waals surface area (Å²) in [6, 6.07) is 7.25. The summed E-state index contributed by atoms with van der Waals surface area (Å²) in [4.78, 5) is 11.4. The topological polar surface area (TPSA) is 89.1 Å². The minimum absolute atomic E-state index is 0.204.